The monoisotopic (exact) mass is 495 g/mol. The molecular weight excluding hydrogens is 478 g/mol. The number of halogens is 1. The number of carboxylic acid groups (broad SMARTS) is 1. The van der Waals surface area contributed by atoms with E-state index in [1.807, 2.05) is 0 Å². The topological polar surface area (TPSA) is 109 Å². The van der Waals surface area contributed by atoms with Crippen LogP contribution in [-0.4, -0.2) is 33.5 Å². The van der Waals surface area contributed by atoms with Gasteiger partial charge in [0.1, 0.15) is 11.6 Å². The number of hydrogen-bond donors (Lipinski definition) is 2. The molecule has 8 nitrogen and oxygen atoms in total. The summed E-state index contributed by atoms with van der Waals surface area (Å²) in [5.74, 6) is -2.45. The van der Waals surface area contributed by atoms with Gasteiger partial charge in [-0.2, -0.15) is 0 Å². The number of barbiturate groups is 1. The molecule has 2 heterocycles. The number of carbonyl (C=O) groups excluding carboxylic acids is 3. The van der Waals surface area contributed by atoms with Gasteiger partial charge < -0.3 is 9.67 Å². The van der Waals surface area contributed by atoms with E-state index in [1.54, 1.807) is 67.1 Å². The highest BCUT2D eigenvalue weighted by molar-refractivity contribution is 9.10. The number of rotatable bonds is 4. The lowest BCUT2D eigenvalue weighted by Gasteiger charge is -2.27. The second-order valence-electron chi connectivity index (χ2n) is 7.44. The predicted octanol–water partition coefficient (Wildman–Crippen LogP) is 4.02. The van der Waals surface area contributed by atoms with E-state index in [4.69, 9.17) is 0 Å². The molecule has 3 aromatic rings. The summed E-state index contributed by atoms with van der Waals surface area (Å²) in [5, 5.41) is 12.2. The fourth-order valence-corrected chi connectivity index (χ4v) is 4.12. The van der Waals surface area contributed by atoms with Crippen LogP contribution in [0.25, 0.3) is 17.0 Å². The SMILES string of the molecule is Cc1cc(Br)ccc1N1C(=O)NC(=O)/C(=C\c2ccc3c(ccn3[C@@H](C)C(=O)O)c2)C1=O. The number of nitrogens with one attached hydrogen (secondary N) is 1. The van der Waals surface area contributed by atoms with E-state index in [0.717, 1.165) is 14.8 Å². The maximum atomic E-state index is 13.1. The van der Waals surface area contributed by atoms with Gasteiger partial charge in [-0.1, -0.05) is 22.0 Å². The fraction of sp³-hybridized carbons (Fsp3) is 0.130. The van der Waals surface area contributed by atoms with E-state index in [0.29, 0.717) is 22.3 Å². The average molecular weight is 496 g/mol. The van der Waals surface area contributed by atoms with Gasteiger partial charge in [0, 0.05) is 21.6 Å². The van der Waals surface area contributed by atoms with Crippen molar-refractivity contribution in [3.63, 3.8) is 0 Å². The summed E-state index contributed by atoms with van der Waals surface area (Å²) in [6, 6.07) is 10.5. The van der Waals surface area contributed by atoms with Gasteiger partial charge in [-0.25, -0.2) is 14.5 Å². The van der Waals surface area contributed by atoms with Crippen LogP contribution in [0.5, 0.6) is 0 Å². The highest BCUT2D eigenvalue weighted by Crippen LogP contribution is 2.28. The molecular formula is C23H18BrN3O5. The van der Waals surface area contributed by atoms with E-state index >= 15 is 0 Å². The van der Waals surface area contributed by atoms with Crippen molar-refractivity contribution in [2.75, 3.05) is 4.90 Å². The molecule has 32 heavy (non-hydrogen) atoms. The number of benzene rings is 2. The number of aryl methyl sites for hydroxylation is 1. The Morgan fingerprint density at radius 2 is 1.88 bits per heavy atom. The van der Waals surface area contributed by atoms with Crippen LogP contribution >= 0.6 is 15.9 Å². The fourth-order valence-electron chi connectivity index (χ4n) is 3.64. The Balaban J connectivity index is 1.73. The molecule has 1 aliphatic rings. The molecule has 2 N–H and O–H groups in total. The van der Waals surface area contributed by atoms with Gasteiger partial charge in [-0.05, 0) is 67.4 Å². The molecule has 0 radical (unpaired) electrons. The van der Waals surface area contributed by atoms with Gasteiger partial charge in [0.15, 0.2) is 0 Å². The molecule has 1 saturated heterocycles. The molecule has 1 aliphatic heterocycles. The van der Waals surface area contributed by atoms with Crippen LogP contribution in [0.3, 0.4) is 0 Å². The Labute approximate surface area is 191 Å². The van der Waals surface area contributed by atoms with Crippen molar-refractivity contribution in [2.45, 2.75) is 19.9 Å². The number of aromatic nitrogens is 1. The van der Waals surface area contributed by atoms with Crippen LogP contribution in [0.2, 0.25) is 0 Å². The summed E-state index contributed by atoms with van der Waals surface area (Å²) in [7, 11) is 0. The Hall–Kier alpha value is -3.72. The highest BCUT2D eigenvalue weighted by atomic mass is 79.9. The van der Waals surface area contributed by atoms with Crippen LogP contribution < -0.4 is 10.2 Å². The van der Waals surface area contributed by atoms with Gasteiger partial charge in [0.25, 0.3) is 11.8 Å². The number of aliphatic carboxylic acids is 1. The first-order valence-electron chi connectivity index (χ1n) is 9.68. The smallest absolute Gasteiger partial charge is 0.335 e. The molecule has 162 valence electrons. The molecule has 0 unspecified atom stereocenters. The third-order valence-corrected chi connectivity index (χ3v) is 5.82. The van der Waals surface area contributed by atoms with E-state index in [-0.39, 0.29) is 5.57 Å². The zero-order valence-electron chi connectivity index (χ0n) is 17.1. The standard InChI is InChI=1S/C23H18BrN3O5/c1-12-9-16(24)4-6-18(12)27-21(29)17(20(28)25-23(27)32)11-14-3-5-19-15(10-14)7-8-26(19)13(2)22(30)31/h3-11,13H,1-2H3,(H,30,31)(H,25,28,32)/b17-11+/t13-/m0/s1. The van der Waals surface area contributed by atoms with Crippen LogP contribution in [0, 0.1) is 6.92 Å². The summed E-state index contributed by atoms with van der Waals surface area (Å²) in [6.07, 6.45) is 3.10. The summed E-state index contributed by atoms with van der Waals surface area (Å²) in [6.45, 7) is 3.34. The van der Waals surface area contributed by atoms with Crippen molar-refractivity contribution in [1.29, 1.82) is 0 Å². The Morgan fingerprint density at radius 3 is 2.56 bits per heavy atom. The summed E-state index contributed by atoms with van der Waals surface area (Å²) < 4.78 is 2.43. The largest absolute Gasteiger partial charge is 0.480 e. The first-order valence-corrected chi connectivity index (χ1v) is 10.5. The van der Waals surface area contributed by atoms with Gasteiger partial charge in [-0.3, -0.25) is 14.9 Å². The second-order valence-corrected chi connectivity index (χ2v) is 8.36. The second kappa shape index (κ2) is 8.08. The first kappa shape index (κ1) is 21.5. The minimum Gasteiger partial charge on any atom is -0.480 e. The van der Waals surface area contributed by atoms with Gasteiger partial charge in [0.2, 0.25) is 0 Å². The molecule has 1 fully saturated rings. The summed E-state index contributed by atoms with van der Waals surface area (Å²) in [4.78, 5) is 50.2. The van der Waals surface area contributed by atoms with Crippen molar-refractivity contribution in [3.8, 4) is 0 Å². The molecule has 4 amide bonds. The molecule has 0 saturated carbocycles. The van der Waals surface area contributed by atoms with Gasteiger partial charge in [0.05, 0.1) is 5.69 Å². The zero-order chi connectivity index (χ0) is 23.2. The molecule has 1 aromatic heterocycles. The number of imide groups is 2. The minimum atomic E-state index is -0.953. The average Bonchev–Trinajstić information content (AvgIpc) is 3.15. The Morgan fingerprint density at radius 1 is 1.12 bits per heavy atom. The number of carboxylic acids is 1. The Kier molecular flexibility index (Phi) is 5.43. The third kappa shape index (κ3) is 3.71. The van der Waals surface area contributed by atoms with Crippen LogP contribution in [0.15, 0.2) is 58.7 Å². The molecule has 0 bridgehead atoms. The van der Waals surface area contributed by atoms with Crippen molar-refractivity contribution in [1.82, 2.24) is 9.88 Å². The van der Waals surface area contributed by atoms with E-state index in [1.165, 1.54) is 6.08 Å². The third-order valence-electron chi connectivity index (χ3n) is 5.33. The maximum absolute atomic E-state index is 13.1. The molecule has 2 aromatic carbocycles. The molecule has 0 spiro atoms. The summed E-state index contributed by atoms with van der Waals surface area (Å²) >= 11 is 3.35. The molecule has 0 aliphatic carbocycles. The van der Waals surface area contributed by atoms with Crippen LogP contribution in [0.4, 0.5) is 10.5 Å². The number of carbonyl (C=O) groups is 4. The number of nitrogens with zero attached hydrogens (tertiary/aromatic N) is 2. The van der Waals surface area contributed by atoms with Crippen molar-refractivity contribution < 1.29 is 24.3 Å². The lowest BCUT2D eigenvalue weighted by atomic mass is 10.0. The zero-order valence-corrected chi connectivity index (χ0v) is 18.7. The number of fused-ring (bicyclic) bond motifs is 1. The lowest BCUT2D eigenvalue weighted by molar-refractivity contribution is -0.140. The van der Waals surface area contributed by atoms with Crippen molar-refractivity contribution in [2.24, 2.45) is 0 Å². The quantitative estimate of drug-likeness (QED) is 0.419. The predicted molar refractivity (Wildman–Crippen MR) is 122 cm³/mol. The maximum Gasteiger partial charge on any atom is 0.335 e. The number of urea groups is 1. The lowest BCUT2D eigenvalue weighted by Crippen LogP contribution is -2.54. The van der Waals surface area contributed by atoms with Gasteiger partial charge >= 0.3 is 12.0 Å². The molecule has 4 rings (SSSR count). The minimum absolute atomic E-state index is 0.176. The number of anilines is 1. The van der Waals surface area contributed by atoms with Crippen molar-refractivity contribution in [3.05, 3.63) is 69.8 Å². The van der Waals surface area contributed by atoms with Gasteiger partial charge in [-0.15, -0.1) is 0 Å². The first-order chi connectivity index (χ1) is 15.2. The molecule has 1 atom stereocenters. The van der Waals surface area contributed by atoms with Crippen molar-refractivity contribution >= 4 is 62.4 Å². The molecule has 9 heteroatoms. The van der Waals surface area contributed by atoms with E-state index in [2.05, 4.69) is 21.2 Å². The number of amides is 4. The highest BCUT2D eigenvalue weighted by Gasteiger charge is 2.37. The van der Waals surface area contributed by atoms with E-state index < -0.39 is 29.9 Å². The van der Waals surface area contributed by atoms with Crippen LogP contribution in [-0.2, 0) is 14.4 Å². The number of hydrogen-bond acceptors (Lipinski definition) is 4. The van der Waals surface area contributed by atoms with Crippen LogP contribution in [0.1, 0.15) is 24.1 Å². The summed E-state index contributed by atoms with van der Waals surface area (Å²) in [5.41, 5.74) is 2.17. The normalized spacial score (nSPS) is 16.5. The van der Waals surface area contributed by atoms with E-state index in [9.17, 15) is 24.3 Å². The Bertz CT molecular complexity index is 1340.